The fraction of sp³-hybridized carbons (Fsp3) is 0.538. The lowest BCUT2D eigenvalue weighted by Crippen LogP contribution is -2.36. The normalized spacial score (nSPS) is 11.9. The van der Waals surface area contributed by atoms with Crippen LogP contribution in [0.5, 0.6) is 5.75 Å². The molecule has 0 bridgehead atoms. The molecular formula is C13H19FN2O2. The highest BCUT2D eigenvalue weighted by Gasteiger charge is 2.13. The van der Waals surface area contributed by atoms with Gasteiger partial charge in [-0.15, -0.1) is 0 Å². The van der Waals surface area contributed by atoms with Crippen LogP contribution in [0.2, 0.25) is 0 Å². The Morgan fingerprint density at radius 1 is 1.50 bits per heavy atom. The van der Waals surface area contributed by atoms with Crippen LogP contribution in [0.3, 0.4) is 0 Å². The topological polar surface area (TPSA) is 51.2 Å². The quantitative estimate of drug-likeness (QED) is 0.600. The number of rotatable bonds is 7. The van der Waals surface area contributed by atoms with Gasteiger partial charge in [0.15, 0.2) is 6.10 Å². The minimum atomic E-state index is -0.612. The molecular weight excluding hydrogens is 235 g/mol. The molecule has 1 aromatic heterocycles. The molecule has 0 aliphatic heterocycles. The van der Waals surface area contributed by atoms with Crippen molar-refractivity contribution in [3.8, 4) is 5.75 Å². The Morgan fingerprint density at radius 2 is 2.28 bits per heavy atom. The summed E-state index contributed by atoms with van der Waals surface area (Å²) in [5.74, 6) is -0.359. The van der Waals surface area contributed by atoms with E-state index in [2.05, 4.69) is 17.2 Å². The van der Waals surface area contributed by atoms with Crippen LogP contribution in [-0.2, 0) is 4.79 Å². The molecule has 1 rings (SSSR count). The van der Waals surface area contributed by atoms with Gasteiger partial charge in [0.05, 0.1) is 6.20 Å². The van der Waals surface area contributed by atoms with Crippen molar-refractivity contribution in [1.29, 1.82) is 0 Å². The summed E-state index contributed by atoms with van der Waals surface area (Å²) < 4.78 is 17.9. The molecule has 1 atom stereocenters. The molecule has 0 saturated carbocycles. The van der Waals surface area contributed by atoms with Gasteiger partial charge in [-0.3, -0.25) is 4.79 Å². The second kappa shape index (κ2) is 7.63. The Morgan fingerprint density at radius 3 is 2.89 bits per heavy atom. The lowest BCUT2D eigenvalue weighted by molar-refractivity contribution is -0.127. The van der Waals surface area contributed by atoms with Gasteiger partial charge in [-0.25, -0.2) is 4.98 Å². The second-order valence-electron chi connectivity index (χ2n) is 4.07. The molecule has 0 spiro atoms. The number of aromatic nitrogens is 1. The van der Waals surface area contributed by atoms with Crippen LogP contribution in [-0.4, -0.2) is 23.5 Å². The minimum Gasteiger partial charge on any atom is -0.479 e. The zero-order valence-electron chi connectivity index (χ0n) is 10.8. The zero-order valence-corrected chi connectivity index (χ0v) is 10.8. The van der Waals surface area contributed by atoms with E-state index < -0.39 is 12.1 Å². The first kappa shape index (κ1) is 14.4. The van der Waals surface area contributed by atoms with Crippen molar-refractivity contribution < 1.29 is 13.9 Å². The van der Waals surface area contributed by atoms with Crippen molar-refractivity contribution in [2.24, 2.45) is 0 Å². The number of unbranched alkanes of at least 4 members (excludes halogenated alkanes) is 2. The molecule has 1 amide bonds. The van der Waals surface area contributed by atoms with Crippen molar-refractivity contribution in [2.45, 2.75) is 39.2 Å². The van der Waals surface area contributed by atoms with Gasteiger partial charge in [0.25, 0.3) is 5.91 Å². The monoisotopic (exact) mass is 254 g/mol. The van der Waals surface area contributed by atoms with E-state index in [1.54, 1.807) is 6.92 Å². The summed E-state index contributed by atoms with van der Waals surface area (Å²) >= 11 is 0. The van der Waals surface area contributed by atoms with E-state index in [1.807, 2.05) is 0 Å². The fourth-order valence-electron chi connectivity index (χ4n) is 1.42. The van der Waals surface area contributed by atoms with Crippen LogP contribution < -0.4 is 10.1 Å². The number of nitrogens with zero attached hydrogens (tertiary/aromatic N) is 1. The molecule has 0 aliphatic carbocycles. The van der Waals surface area contributed by atoms with E-state index in [0.717, 1.165) is 19.3 Å². The summed E-state index contributed by atoms with van der Waals surface area (Å²) in [5.41, 5.74) is 0. The Kier molecular flexibility index (Phi) is 6.11. The first-order chi connectivity index (χ1) is 8.63. The van der Waals surface area contributed by atoms with E-state index >= 15 is 0 Å². The van der Waals surface area contributed by atoms with E-state index in [9.17, 15) is 9.18 Å². The van der Waals surface area contributed by atoms with E-state index in [0.29, 0.717) is 12.3 Å². The predicted molar refractivity (Wildman–Crippen MR) is 66.8 cm³/mol. The Balaban J connectivity index is 2.33. The fourth-order valence-corrected chi connectivity index (χ4v) is 1.42. The van der Waals surface area contributed by atoms with Gasteiger partial charge in [-0.1, -0.05) is 19.8 Å². The van der Waals surface area contributed by atoms with Crippen molar-refractivity contribution in [2.75, 3.05) is 6.54 Å². The van der Waals surface area contributed by atoms with E-state index in [-0.39, 0.29) is 5.91 Å². The molecule has 1 N–H and O–H groups in total. The average Bonchev–Trinajstić information content (AvgIpc) is 2.37. The van der Waals surface area contributed by atoms with Gasteiger partial charge in [0.2, 0.25) is 5.95 Å². The standard InChI is InChI=1S/C13H19FN2O2/c1-3-4-5-8-15-13(17)10(2)18-11-6-7-12(14)16-9-11/h6-7,9-10H,3-5,8H2,1-2H3,(H,15,17). The van der Waals surface area contributed by atoms with Crippen LogP contribution in [0.15, 0.2) is 18.3 Å². The molecule has 1 heterocycles. The molecule has 0 fully saturated rings. The number of carbonyl (C=O) groups excluding carboxylic acids is 1. The summed E-state index contributed by atoms with van der Waals surface area (Å²) in [7, 11) is 0. The summed E-state index contributed by atoms with van der Waals surface area (Å²) in [5, 5.41) is 2.79. The largest absolute Gasteiger partial charge is 0.479 e. The number of amides is 1. The molecule has 100 valence electrons. The average molecular weight is 254 g/mol. The number of pyridine rings is 1. The van der Waals surface area contributed by atoms with Gasteiger partial charge in [0, 0.05) is 6.54 Å². The zero-order chi connectivity index (χ0) is 13.4. The highest BCUT2D eigenvalue weighted by molar-refractivity contribution is 5.80. The summed E-state index contributed by atoms with van der Waals surface area (Å²) in [6, 6.07) is 2.64. The molecule has 0 aromatic carbocycles. The SMILES string of the molecule is CCCCCNC(=O)C(C)Oc1ccc(F)nc1. The maximum absolute atomic E-state index is 12.6. The van der Waals surface area contributed by atoms with Crippen LogP contribution in [0, 0.1) is 5.95 Å². The van der Waals surface area contributed by atoms with Crippen LogP contribution >= 0.6 is 0 Å². The molecule has 5 heteroatoms. The maximum atomic E-state index is 12.6. The van der Waals surface area contributed by atoms with Crippen molar-refractivity contribution in [1.82, 2.24) is 10.3 Å². The van der Waals surface area contributed by atoms with Gasteiger partial charge in [-0.2, -0.15) is 4.39 Å². The maximum Gasteiger partial charge on any atom is 0.260 e. The van der Waals surface area contributed by atoms with Gasteiger partial charge in [-0.05, 0) is 25.5 Å². The number of hydrogen-bond donors (Lipinski definition) is 1. The molecule has 0 saturated heterocycles. The molecule has 1 aromatic rings. The third-order valence-corrected chi connectivity index (χ3v) is 2.46. The first-order valence-electron chi connectivity index (χ1n) is 6.19. The summed E-state index contributed by atoms with van der Waals surface area (Å²) in [6.45, 7) is 4.41. The second-order valence-corrected chi connectivity index (χ2v) is 4.07. The highest BCUT2D eigenvalue weighted by atomic mass is 19.1. The van der Waals surface area contributed by atoms with Crippen molar-refractivity contribution in [3.63, 3.8) is 0 Å². The lowest BCUT2D eigenvalue weighted by atomic mass is 10.2. The Labute approximate surface area is 107 Å². The third-order valence-electron chi connectivity index (χ3n) is 2.46. The lowest BCUT2D eigenvalue weighted by Gasteiger charge is -2.14. The Hall–Kier alpha value is -1.65. The van der Waals surface area contributed by atoms with Gasteiger partial charge >= 0.3 is 0 Å². The molecule has 4 nitrogen and oxygen atoms in total. The van der Waals surface area contributed by atoms with E-state index in [4.69, 9.17) is 4.74 Å². The number of nitrogens with one attached hydrogen (secondary N) is 1. The highest BCUT2D eigenvalue weighted by Crippen LogP contribution is 2.10. The van der Waals surface area contributed by atoms with Crippen molar-refractivity contribution in [3.05, 3.63) is 24.3 Å². The van der Waals surface area contributed by atoms with Gasteiger partial charge < -0.3 is 10.1 Å². The minimum absolute atomic E-state index is 0.171. The number of hydrogen-bond acceptors (Lipinski definition) is 3. The van der Waals surface area contributed by atoms with Crippen molar-refractivity contribution >= 4 is 5.91 Å². The third kappa shape index (κ3) is 5.12. The van der Waals surface area contributed by atoms with Crippen LogP contribution in [0.1, 0.15) is 33.1 Å². The number of carbonyl (C=O) groups is 1. The molecule has 18 heavy (non-hydrogen) atoms. The van der Waals surface area contributed by atoms with E-state index in [1.165, 1.54) is 18.3 Å². The molecule has 0 aliphatic rings. The summed E-state index contributed by atoms with van der Waals surface area (Å²) in [4.78, 5) is 15.1. The number of ether oxygens (including phenoxy) is 1. The summed E-state index contributed by atoms with van der Waals surface area (Å²) in [6.07, 6.45) is 3.82. The number of halogens is 1. The molecule has 0 radical (unpaired) electrons. The van der Waals surface area contributed by atoms with Crippen LogP contribution in [0.4, 0.5) is 4.39 Å². The predicted octanol–water partition coefficient (Wildman–Crippen LogP) is 2.29. The van der Waals surface area contributed by atoms with Crippen LogP contribution in [0.25, 0.3) is 0 Å². The molecule has 1 unspecified atom stereocenters. The smallest absolute Gasteiger partial charge is 0.260 e. The van der Waals surface area contributed by atoms with Gasteiger partial charge in [0.1, 0.15) is 5.75 Å². The Bertz CT molecular complexity index is 368. The first-order valence-corrected chi connectivity index (χ1v) is 6.19.